The normalized spacial score (nSPS) is 11.0. The maximum absolute atomic E-state index is 4.99. The number of benzene rings is 1. The quantitative estimate of drug-likeness (QED) is 0.720. The molecule has 0 saturated heterocycles. The molecule has 5 nitrogen and oxygen atoms in total. The van der Waals surface area contributed by atoms with Gasteiger partial charge in [0, 0.05) is 20.2 Å². The first-order chi connectivity index (χ1) is 10.3. The minimum Gasteiger partial charge on any atom is -0.383 e. The Labute approximate surface area is 126 Å². The third-order valence-corrected chi connectivity index (χ3v) is 3.35. The molecule has 1 aromatic carbocycles. The molecular formula is C16H24N4O. The van der Waals surface area contributed by atoms with E-state index in [0.29, 0.717) is 13.2 Å². The van der Waals surface area contributed by atoms with Crippen LogP contribution in [0.15, 0.2) is 30.5 Å². The Kier molecular flexibility index (Phi) is 6.37. The molecule has 0 unspecified atom stereocenters. The van der Waals surface area contributed by atoms with Crippen molar-refractivity contribution in [3.05, 3.63) is 41.7 Å². The molecule has 1 heterocycles. The maximum atomic E-state index is 4.99. The molecule has 0 bridgehead atoms. The number of ether oxygens (including phenoxy) is 1. The summed E-state index contributed by atoms with van der Waals surface area (Å²) < 4.78 is 6.81. The van der Waals surface area contributed by atoms with Gasteiger partial charge in [-0.2, -0.15) is 0 Å². The molecule has 0 spiro atoms. The molecule has 1 aromatic heterocycles. The molecule has 2 aromatic rings. The van der Waals surface area contributed by atoms with E-state index in [-0.39, 0.29) is 0 Å². The van der Waals surface area contributed by atoms with E-state index in [4.69, 9.17) is 4.74 Å². The Bertz CT molecular complexity index is 521. The van der Waals surface area contributed by atoms with Gasteiger partial charge in [0.05, 0.1) is 24.2 Å². The zero-order chi connectivity index (χ0) is 14.9. The van der Waals surface area contributed by atoms with Crippen molar-refractivity contribution in [3.63, 3.8) is 0 Å². The summed E-state index contributed by atoms with van der Waals surface area (Å²) in [6, 6.07) is 8.54. The van der Waals surface area contributed by atoms with Crippen molar-refractivity contribution < 1.29 is 4.74 Å². The molecule has 0 fully saturated rings. The molecule has 5 heteroatoms. The number of nitrogens with zero attached hydrogens (tertiary/aromatic N) is 3. The van der Waals surface area contributed by atoms with Gasteiger partial charge < -0.3 is 10.1 Å². The fourth-order valence-electron chi connectivity index (χ4n) is 2.09. The van der Waals surface area contributed by atoms with Gasteiger partial charge >= 0.3 is 0 Å². The minimum atomic E-state index is 0.702. The van der Waals surface area contributed by atoms with Crippen LogP contribution in [0, 0.1) is 0 Å². The molecule has 0 aliphatic carbocycles. The van der Waals surface area contributed by atoms with Crippen LogP contribution in [0.1, 0.15) is 31.0 Å². The van der Waals surface area contributed by atoms with Crippen LogP contribution >= 0.6 is 0 Å². The summed E-state index contributed by atoms with van der Waals surface area (Å²) in [5.41, 5.74) is 3.36. The van der Waals surface area contributed by atoms with E-state index < -0.39 is 0 Å². The molecule has 0 aliphatic heterocycles. The van der Waals surface area contributed by atoms with Gasteiger partial charge in [-0.25, -0.2) is 4.68 Å². The van der Waals surface area contributed by atoms with Crippen LogP contribution in [0.4, 0.5) is 0 Å². The number of unbranched alkanes of at least 4 members (excludes halogenated alkanes) is 1. The summed E-state index contributed by atoms with van der Waals surface area (Å²) in [6.07, 6.45) is 5.56. The zero-order valence-corrected chi connectivity index (χ0v) is 12.9. The largest absolute Gasteiger partial charge is 0.383 e. The van der Waals surface area contributed by atoms with Crippen LogP contribution in [0.5, 0.6) is 0 Å². The van der Waals surface area contributed by atoms with E-state index >= 15 is 0 Å². The summed E-state index contributed by atoms with van der Waals surface area (Å²) in [5.74, 6) is 0. The first-order valence-corrected chi connectivity index (χ1v) is 7.53. The molecule has 1 N–H and O–H groups in total. The molecule has 21 heavy (non-hydrogen) atoms. The van der Waals surface area contributed by atoms with E-state index in [1.165, 1.54) is 18.4 Å². The SMILES string of the molecule is CCCCc1ccc(-n2cc(CNCCOC)nn2)cc1. The number of methoxy groups -OCH3 is 1. The highest BCUT2D eigenvalue weighted by molar-refractivity contribution is 5.33. The summed E-state index contributed by atoms with van der Waals surface area (Å²) in [6.45, 7) is 4.44. The zero-order valence-electron chi connectivity index (χ0n) is 12.9. The van der Waals surface area contributed by atoms with Gasteiger partial charge in [-0.05, 0) is 30.5 Å². The van der Waals surface area contributed by atoms with E-state index in [1.807, 2.05) is 10.9 Å². The number of rotatable bonds is 9. The molecule has 0 atom stereocenters. The van der Waals surface area contributed by atoms with Crippen molar-refractivity contribution in [1.82, 2.24) is 20.3 Å². The van der Waals surface area contributed by atoms with E-state index in [0.717, 1.165) is 24.3 Å². The molecular weight excluding hydrogens is 264 g/mol. The van der Waals surface area contributed by atoms with Crippen LogP contribution in [-0.2, 0) is 17.7 Å². The van der Waals surface area contributed by atoms with Crippen molar-refractivity contribution in [2.24, 2.45) is 0 Å². The summed E-state index contributed by atoms with van der Waals surface area (Å²) in [4.78, 5) is 0. The van der Waals surface area contributed by atoms with Crippen LogP contribution in [0.2, 0.25) is 0 Å². The number of nitrogens with one attached hydrogen (secondary N) is 1. The predicted octanol–water partition coefficient (Wildman–Crippen LogP) is 2.35. The molecule has 2 rings (SSSR count). The first kappa shape index (κ1) is 15.7. The lowest BCUT2D eigenvalue weighted by Crippen LogP contribution is -2.18. The van der Waals surface area contributed by atoms with E-state index in [1.54, 1.807) is 7.11 Å². The van der Waals surface area contributed by atoms with Crippen molar-refractivity contribution >= 4 is 0 Å². The summed E-state index contributed by atoms with van der Waals surface area (Å²) in [7, 11) is 1.70. The second kappa shape index (κ2) is 8.54. The fraction of sp³-hybridized carbons (Fsp3) is 0.500. The third kappa shape index (κ3) is 4.95. The van der Waals surface area contributed by atoms with Gasteiger partial charge in [-0.15, -0.1) is 5.10 Å². The van der Waals surface area contributed by atoms with Gasteiger partial charge in [0.25, 0.3) is 0 Å². The van der Waals surface area contributed by atoms with Crippen molar-refractivity contribution in [2.45, 2.75) is 32.7 Å². The van der Waals surface area contributed by atoms with Crippen molar-refractivity contribution in [3.8, 4) is 5.69 Å². The number of aromatic nitrogens is 3. The Morgan fingerprint density at radius 3 is 2.76 bits per heavy atom. The standard InChI is InChI=1S/C16H24N4O/c1-3-4-5-14-6-8-16(9-7-14)20-13-15(18-19-20)12-17-10-11-21-2/h6-9,13,17H,3-5,10-12H2,1-2H3. The Hall–Kier alpha value is -1.72. The minimum absolute atomic E-state index is 0.702. The smallest absolute Gasteiger partial charge is 0.0969 e. The van der Waals surface area contributed by atoms with Crippen molar-refractivity contribution in [2.75, 3.05) is 20.3 Å². The number of hydrogen-bond donors (Lipinski definition) is 1. The topological polar surface area (TPSA) is 52.0 Å². The van der Waals surface area contributed by atoms with Crippen molar-refractivity contribution in [1.29, 1.82) is 0 Å². The van der Waals surface area contributed by atoms with Gasteiger partial charge in [0.1, 0.15) is 0 Å². The molecule has 0 saturated carbocycles. The Balaban J connectivity index is 1.91. The second-order valence-corrected chi connectivity index (χ2v) is 5.09. The van der Waals surface area contributed by atoms with E-state index in [9.17, 15) is 0 Å². The van der Waals surface area contributed by atoms with Crippen LogP contribution in [-0.4, -0.2) is 35.3 Å². The monoisotopic (exact) mass is 288 g/mol. The van der Waals surface area contributed by atoms with Crippen LogP contribution < -0.4 is 5.32 Å². The highest BCUT2D eigenvalue weighted by atomic mass is 16.5. The average Bonchev–Trinajstić information content (AvgIpc) is 2.99. The highest BCUT2D eigenvalue weighted by Gasteiger charge is 2.03. The lowest BCUT2D eigenvalue weighted by atomic mass is 10.1. The molecule has 0 amide bonds. The Morgan fingerprint density at radius 1 is 1.24 bits per heavy atom. The Morgan fingerprint density at radius 2 is 2.05 bits per heavy atom. The lowest BCUT2D eigenvalue weighted by Gasteiger charge is -2.03. The third-order valence-electron chi connectivity index (χ3n) is 3.35. The maximum Gasteiger partial charge on any atom is 0.0969 e. The average molecular weight is 288 g/mol. The number of hydrogen-bond acceptors (Lipinski definition) is 4. The predicted molar refractivity (Wildman–Crippen MR) is 83.6 cm³/mol. The summed E-state index contributed by atoms with van der Waals surface area (Å²) >= 11 is 0. The lowest BCUT2D eigenvalue weighted by molar-refractivity contribution is 0.199. The molecule has 114 valence electrons. The fourth-order valence-corrected chi connectivity index (χ4v) is 2.09. The van der Waals surface area contributed by atoms with Gasteiger partial charge in [0.2, 0.25) is 0 Å². The summed E-state index contributed by atoms with van der Waals surface area (Å²) in [5, 5.41) is 11.6. The number of aryl methyl sites for hydroxylation is 1. The van der Waals surface area contributed by atoms with Gasteiger partial charge in [-0.3, -0.25) is 0 Å². The highest BCUT2D eigenvalue weighted by Crippen LogP contribution is 2.11. The molecule has 0 aliphatic rings. The van der Waals surface area contributed by atoms with Gasteiger partial charge in [0.15, 0.2) is 0 Å². The van der Waals surface area contributed by atoms with Gasteiger partial charge in [-0.1, -0.05) is 30.7 Å². The van der Waals surface area contributed by atoms with Crippen LogP contribution in [0.3, 0.4) is 0 Å². The van der Waals surface area contributed by atoms with Crippen LogP contribution in [0.25, 0.3) is 5.69 Å². The first-order valence-electron chi connectivity index (χ1n) is 7.53. The van der Waals surface area contributed by atoms with E-state index in [2.05, 4.69) is 46.8 Å². The molecule has 0 radical (unpaired) electrons. The second-order valence-electron chi connectivity index (χ2n) is 5.09.